The molecule has 0 radical (unpaired) electrons. The summed E-state index contributed by atoms with van der Waals surface area (Å²) >= 11 is 0. The Bertz CT molecular complexity index is 1180. The zero-order chi connectivity index (χ0) is 26.1. The Morgan fingerprint density at radius 2 is 1.11 bits per heavy atom. The van der Waals surface area contributed by atoms with Gasteiger partial charge >= 0.3 is 11.9 Å². The van der Waals surface area contributed by atoms with Gasteiger partial charge in [0.15, 0.2) is 14.0 Å². The number of benzene rings is 3. The Labute approximate surface area is 214 Å². The van der Waals surface area contributed by atoms with Gasteiger partial charge in [-0.15, -0.1) is 0 Å². The van der Waals surface area contributed by atoms with E-state index in [4.69, 9.17) is 14.2 Å². The zero-order valence-corrected chi connectivity index (χ0v) is 22.4. The Hall–Kier alpha value is -3.86. The fourth-order valence-electron chi connectivity index (χ4n) is 4.47. The van der Waals surface area contributed by atoms with Gasteiger partial charge in [-0.25, -0.2) is 0 Å². The molecule has 0 aliphatic rings. The molecule has 6 heteroatoms. The van der Waals surface area contributed by atoms with E-state index in [1.165, 1.54) is 14.2 Å². The molecule has 0 fully saturated rings. The number of methoxy groups -OCH3 is 3. The predicted molar refractivity (Wildman–Crippen MR) is 144 cm³/mol. The molecule has 36 heavy (non-hydrogen) atoms. The van der Waals surface area contributed by atoms with Crippen molar-refractivity contribution in [3.05, 3.63) is 108 Å². The summed E-state index contributed by atoms with van der Waals surface area (Å²) in [5.41, 5.74) is 5.05. The van der Waals surface area contributed by atoms with Crippen LogP contribution >= 0.6 is 0 Å². The molecule has 0 aromatic heterocycles. The Kier molecular flexibility index (Phi) is 9.06. The zero-order valence-electron chi connectivity index (χ0n) is 21.4. The molecule has 0 saturated heterocycles. The number of rotatable bonds is 9. The highest BCUT2D eigenvalue weighted by Crippen LogP contribution is 2.31. The van der Waals surface area contributed by atoms with Crippen LogP contribution in [0.2, 0.25) is 6.55 Å². The van der Waals surface area contributed by atoms with Crippen LogP contribution in [0.4, 0.5) is 0 Å². The molecule has 0 bridgehead atoms. The number of hydrogen-bond donors (Lipinski definition) is 0. The lowest BCUT2D eigenvalue weighted by Gasteiger charge is -2.29. The first-order valence-electron chi connectivity index (χ1n) is 11.8. The largest absolute Gasteiger partial charge is 0.497 e. The van der Waals surface area contributed by atoms with Crippen molar-refractivity contribution in [3.8, 4) is 0 Å². The van der Waals surface area contributed by atoms with Gasteiger partial charge in [-0.2, -0.15) is 0 Å². The van der Waals surface area contributed by atoms with Crippen LogP contribution in [0.5, 0.6) is 0 Å². The van der Waals surface area contributed by atoms with Crippen molar-refractivity contribution < 1.29 is 23.8 Å². The quantitative estimate of drug-likeness (QED) is 0.145. The minimum Gasteiger partial charge on any atom is -0.497 e. The molecule has 0 aliphatic carbocycles. The van der Waals surface area contributed by atoms with Crippen LogP contribution in [0.15, 0.2) is 102 Å². The van der Waals surface area contributed by atoms with Crippen molar-refractivity contribution in [2.45, 2.75) is 13.5 Å². The summed E-state index contributed by atoms with van der Waals surface area (Å²) in [6.45, 7) is 4.03. The van der Waals surface area contributed by atoms with E-state index in [2.05, 4.69) is 36.5 Å². The first-order chi connectivity index (χ1) is 17.4. The van der Waals surface area contributed by atoms with Gasteiger partial charge in [-0.3, -0.25) is 9.59 Å². The molecule has 0 saturated carbocycles. The van der Waals surface area contributed by atoms with E-state index in [1.54, 1.807) is 7.11 Å². The Morgan fingerprint density at radius 1 is 0.694 bits per heavy atom. The summed E-state index contributed by atoms with van der Waals surface area (Å²) < 4.78 is 16.0. The van der Waals surface area contributed by atoms with Gasteiger partial charge in [0.2, 0.25) is 0 Å². The van der Waals surface area contributed by atoms with Crippen LogP contribution in [0.1, 0.15) is 12.5 Å². The van der Waals surface area contributed by atoms with Crippen LogP contribution in [0.3, 0.4) is 0 Å². The fourth-order valence-corrected chi connectivity index (χ4v) is 7.83. The van der Waals surface area contributed by atoms with E-state index in [-0.39, 0.29) is 0 Å². The molecular weight excluding hydrogens is 468 g/mol. The van der Waals surface area contributed by atoms with E-state index < -0.39 is 31.8 Å². The number of carbonyl (C=O) groups is 2. The molecule has 3 rings (SSSR count). The lowest BCUT2D eigenvalue weighted by Crippen LogP contribution is -2.57. The lowest BCUT2D eigenvalue weighted by atomic mass is 9.84. The SMILES string of the molecule is COC(=O)C(C(=O)OC)C(C)C(=C=C(OC)[Si](C)(c1ccccc1)c1ccccc1)c1ccccc1. The van der Waals surface area contributed by atoms with Gasteiger partial charge in [0.1, 0.15) is 5.38 Å². The Morgan fingerprint density at radius 3 is 1.50 bits per heavy atom. The molecule has 3 aromatic rings. The maximum absolute atomic E-state index is 12.7. The average Bonchev–Trinajstić information content (AvgIpc) is 2.94. The summed E-state index contributed by atoms with van der Waals surface area (Å²) in [5.74, 6) is -3.06. The van der Waals surface area contributed by atoms with Crippen molar-refractivity contribution in [2.75, 3.05) is 21.3 Å². The molecule has 0 amide bonds. The number of carbonyl (C=O) groups excluding carboxylic acids is 2. The van der Waals surface area contributed by atoms with E-state index >= 15 is 0 Å². The minimum atomic E-state index is -2.65. The van der Waals surface area contributed by atoms with E-state index in [1.807, 2.05) is 73.7 Å². The second-order valence-electron chi connectivity index (χ2n) is 8.61. The van der Waals surface area contributed by atoms with Gasteiger partial charge < -0.3 is 14.2 Å². The predicted octanol–water partition coefficient (Wildman–Crippen LogP) is 4.23. The molecule has 0 N–H and O–H groups in total. The maximum Gasteiger partial charge on any atom is 0.320 e. The van der Waals surface area contributed by atoms with E-state index in [0.29, 0.717) is 11.0 Å². The smallest absolute Gasteiger partial charge is 0.320 e. The number of hydrogen-bond acceptors (Lipinski definition) is 5. The second kappa shape index (κ2) is 12.2. The highest BCUT2D eigenvalue weighted by Gasteiger charge is 2.40. The van der Waals surface area contributed by atoms with Crippen LogP contribution in [0.25, 0.3) is 5.57 Å². The summed E-state index contributed by atoms with van der Waals surface area (Å²) in [5, 5.41) is 2.98. The molecule has 186 valence electrons. The fraction of sp³-hybridized carbons (Fsp3) is 0.233. The van der Waals surface area contributed by atoms with Crippen molar-refractivity contribution >= 4 is 36.0 Å². The molecule has 1 unspecified atom stereocenters. The molecule has 0 aliphatic heterocycles. The van der Waals surface area contributed by atoms with Crippen molar-refractivity contribution in [1.82, 2.24) is 0 Å². The van der Waals surface area contributed by atoms with Crippen LogP contribution < -0.4 is 10.4 Å². The topological polar surface area (TPSA) is 61.8 Å². The third-order valence-electron chi connectivity index (χ3n) is 6.56. The first kappa shape index (κ1) is 26.7. The minimum absolute atomic E-state index is 0.595. The molecule has 5 nitrogen and oxygen atoms in total. The first-order valence-corrected chi connectivity index (χ1v) is 14.3. The Balaban J connectivity index is 2.38. The molecule has 0 heterocycles. The van der Waals surface area contributed by atoms with Crippen molar-refractivity contribution in [1.29, 1.82) is 0 Å². The number of ether oxygens (including phenoxy) is 3. The van der Waals surface area contributed by atoms with Crippen molar-refractivity contribution in [2.24, 2.45) is 11.8 Å². The van der Waals surface area contributed by atoms with Crippen LogP contribution in [-0.2, 0) is 23.8 Å². The normalized spacial score (nSPS) is 11.7. The van der Waals surface area contributed by atoms with Crippen molar-refractivity contribution in [3.63, 3.8) is 0 Å². The summed E-state index contributed by atoms with van der Waals surface area (Å²) in [6.07, 6.45) is 0. The van der Waals surface area contributed by atoms with Gasteiger partial charge in [0.25, 0.3) is 0 Å². The monoisotopic (exact) mass is 500 g/mol. The number of esters is 2. The number of allylic oxidation sites excluding steroid dienone is 1. The van der Waals surface area contributed by atoms with E-state index in [0.717, 1.165) is 15.9 Å². The summed E-state index contributed by atoms with van der Waals surface area (Å²) in [6, 6.07) is 30.1. The standard InChI is InChI=1S/C30H32O5Si/c1-22(28(29(31)34-3)30(32)35-4)26(23-15-9-6-10-16-23)21-27(33-2)36(5,24-17-11-7-12-18-24)25-19-13-8-14-20-25/h6-20,22,28H,1-5H3. The molecule has 3 aromatic carbocycles. The van der Waals surface area contributed by atoms with Crippen LogP contribution in [-0.4, -0.2) is 41.3 Å². The molecular formula is C30H32O5Si. The maximum atomic E-state index is 12.7. The third kappa shape index (κ3) is 5.51. The van der Waals surface area contributed by atoms with Gasteiger partial charge in [0, 0.05) is 11.5 Å². The highest BCUT2D eigenvalue weighted by molar-refractivity contribution is 7.06. The highest BCUT2D eigenvalue weighted by atomic mass is 28.3. The third-order valence-corrected chi connectivity index (χ3v) is 10.8. The van der Waals surface area contributed by atoms with Gasteiger partial charge in [0.05, 0.1) is 21.3 Å². The van der Waals surface area contributed by atoms with Gasteiger partial charge in [-0.05, 0) is 15.9 Å². The second-order valence-corrected chi connectivity index (χ2v) is 12.5. The van der Waals surface area contributed by atoms with Gasteiger partial charge in [-0.1, -0.05) is 110 Å². The average molecular weight is 501 g/mol. The molecule has 1 atom stereocenters. The summed E-state index contributed by atoms with van der Waals surface area (Å²) in [7, 11) is 1.53. The lowest BCUT2D eigenvalue weighted by molar-refractivity contribution is -0.160. The summed E-state index contributed by atoms with van der Waals surface area (Å²) in [4.78, 5) is 25.4. The van der Waals surface area contributed by atoms with E-state index in [9.17, 15) is 9.59 Å². The van der Waals surface area contributed by atoms with Crippen LogP contribution in [0, 0.1) is 11.8 Å². The molecule has 0 spiro atoms.